The molecule has 0 N–H and O–H groups in total. The molecule has 0 fully saturated rings. The summed E-state index contributed by atoms with van der Waals surface area (Å²) in [4.78, 5) is 0. The van der Waals surface area contributed by atoms with E-state index in [2.05, 4.69) is 549 Å². The van der Waals surface area contributed by atoms with Crippen LogP contribution in [0.25, 0.3) is 292 Å². The third-order valence-corrected chi connectivity index (χ3v) is 34.7. The van der Waals surface area contributed by atoms with E-state index in [1.165, 1.54) is 286 Å². The molecule has 24 aromatic carbocycles. The number of nitrogens with zero attached hydrogens (tertiary/aromatic N) is 6. The van der Waals surface area contributed by atoms with E-state index < -0.39 is 0 Å². The number of thiophene rings is 3. The Morgan fingerprint density at radius 1 is 0.134 bits per heavy atom. The van der Waals surface area contributed by atoms with E-state index in [1.807, 2.05) is 34.0 Å². The van der Waals surface area contributed by atoms with Crippen LogP contribution in [0.5, 0.6) is 0 Å². The van der Waals surface area contributed by atoms with Crippen molar-refractivity contribution >= 4 is 247 Å². The lowest BCUT2D eigenvalue weighted by molar-refractivity contribution is 1.18. The van der Waals surface area contributed by atoms with Crippen LogP contribution in [0, 0.1) is 0 Å². The van der Waals surface area contributed by atoms with E-state index in [4.69, 9.17) is 0 Å². The summed E-state index contributed by atoms with van der Waals surface area (Å²) < 4.78 is 22.6. The van der Waals surface area contributed by atoms with Gasteiger partial charge in [0.05, 0.1) is 86.0 Å². The van der Waals surface area contributed by atoms with E-state index in [0.29, 0.717) is 0 Å². The van der Waals surface area contributed by atoms with Crippen molar-refractivity contribution in [1.82, 2.24) is 27.4 Å². The monoisotopic (exact) mass is 1950 g/mol. The van der Waals surface area contributed by atoms with Crippen molar-refractivity contribution in [3.63, 3.8) is 0 Å². The van der Waals surface area contributed by atoms with Crippen molar-refractivity contribution in [1.29, 1.82) is 0 Å². The summed E-state index contributed by atoms with van der Waals surface area (Å²) in [7, 11) is 0. The predicted molar refractivity (Wildman–Crippen MR) is 641 cm³/mol. The number of fused-ring (bicyclic) bond motifs is 32. The van der Waals surface area contributed by atoms with Gasteiger partial charge in [-0.25, -0.2) is 0 Å². The Labute approximate surface area is 867 Å². The van der Waals surface area contributed by atoms with Crippen LogP contribution in [-0.2, 0) is 0 Å². The lowest BCUT2D eigenvalue weighted by Crippen LogP contribution is -1.95. The third-order valence-electron chi connectivity index (χ3n) is 31.1. The molecule has 0 radical (unpaired) electrons. The van der Waals surface area contributed by atoms with E-state index in [0.717, 1.165) is 5.69 Å². The minimum atomic E-state index is 1.16. The molecule has 9 aromatic heterocycles. The minimum absolute atomic E-state index is 1.16. The molecule has 6 nitrogen and oxygen atoms in total. The van der Waals surface area contributed by atoms with Gasteiger partial charge < -0.3 is 27.4 Å². The predicted octanol–water partition coefficient (Wildman–Crippen LogP) is 39.7. The molecular weight excluding hydrogens is 1860 g/mol. The molecule has 0 aliphatic heterocycles. The molecule has 0 bridgehead atoms. The molecular formula is C140H86N6S3. The van der Waals surface area contributed by atoms with Crippen molar-refractivity contribution in [3.8, 4) is 78.6 Å². The number of rotatable bonds is 10. The Morgan fingerprint density at radius 2 is 0.409 bits per heavy atom. The van der Waals surface area contributed by atoms with Crippen LogP contribution in [0.2, 0.25) is 0 Å². The smallest absolute Gasteiger partial charge is 0.0726 e. The van der Waals surface area contributed by atoms with Crippen molar-refractivity contribution in [2.75, 3.05) is 0 Å². The maximum Gasteiger partial charge on any atom is 0.0726 e. The van der Waals surface area contributed by atoms with Gasteiger partial charge in [0, 0.05) is 145 Å². The first-order valence-corrected chi connectivity index (χ1v) is 53.4. The second kappa shape index (κ2) is 34.0. The zero-order valence-electron chi connectivity index (χ0n) is 80.6. The average Bonchev–Trinajstić information content (AvgIpc) is 1.55. The molecule has 0 aliphatic carbocycles. The first-order valence-electron chi connectivity index (χ1n) is 51.0. The molecule has 0 unspecified atom stereocenters. The molecule has 0 saturated heterocycles. The molecule has 33 aromatic rings. The van der Waals surface area contributed by atoms with Crippen LogP contribution in [0.1, 0.15) is 0 Å². The first kappa shape index (κ1) is 84.7. The van der Waals surface area contributed by atoms with Crippen LogP contribution < -0.4 is 0 Å². The zero-order valence-corrected chi connectivity index (χ0v) is 83.0. The molecule has 9 heterocycles. The third kappa shape index (κ3) is 13.2. The van der Waals surface area contributed by atoms with Crippen LogP contribution in [-0.4, -0.2) is 27.4 Å². The van der Waals surface area contributed by atoms with Crippen LogP contribution in [0.4, 0.5) is 0 Å². The Bertz CT molecular complexity index is 11300. The number of benzene rings is 24. The van der Waals surface area contributed by atoms with Gasteiger partial charge in [0.15, 0.2) is 0 Å². The van der Waals surface area contributed by atoms with Crippen molar-refractivity contribution in [2.45, 2.75) is 0 Å². The van der Waals surface area contributed by atoms with E-state index in [-0.39, 0.29) is 0 Å². The van der Waals surface area contributed by atoms with Gasteiger partial charge in [-0.2, -0.15) is 0 Å². The van der Waals surface area contributed by atoms with Crippen molar-refractivity contribution in [2.24, 2.45) is 0 Å². The second-order valence-electron chi connectivity index (χ2n) is 39.1. The number of aromatic nitrogens is 6. The molecule has 33 rings (SSSR count). The van der Waals surface area contributed by atoms with E-state index >= 15 is 0 Å². The van der Waals surface area contributed by atoms with Crippen molar-refractivity contribution in [3.05, 3.63) is 522 Å². The number of para-hydroxylation sites is 9. The van der Waals surface area contributed by atoms with Gasteiger partial charge in [0.2, 0.25) is 0 Å². The summed E-state index contributed by atoms with van der Waals surface area (Å²) in [6.45, 7) is 0. The Morgan fingerprint density at radius 3 is 0.826 bits per heavy atom. The van der Waals surface area contributed by atoms with Gasteiger partial charge in [0.1, 0.15) is 0 Å². The molecule has 0 amide bonds. The Hall–Kier alpha value is -18.7. The number of hydrogen-bond acceptors (Lipinski definition) is 3. The fourth-order valence-corrected chi connectivity index (χ4v) is 28.3. The highest BCUT2D eigenvalue weighted by Crippen LogP contribution is 2.54. The summed E-state index contributed by atoms with van der Waals surface area (Å²) >= 11 is 5.70. The molecule has 9 heteroatoms. The summed E-state index contributed by atoms with van der Waals surface area (Å²) in [5, 5.41) is 28.1. The summed E-state index contributed by atoms with van der Waals surface area (Å²) in [5.41, 5.74) is 31.8. The highest BCUT2D eigenvalue weighted by molar-refractivity contribution is 7.27. The quantitative estimate of drug-likeness (QED) is 0.131. The summed E-state index contributed by atoms with van der Waals surface area (Å²) in [6, 6.07) is 191. The Kier molecular flexibility index (Phi) is 19.3. The summed E-state index contributed by atoms with van der Waals surface area (Å²) in [5.74, 6) is 0. The van der Waals surface area contributed by atoms with Crippen LogP contribution in [0.15, 0.2) is 522 Å². The SMILES string of the molecule is c1ccc(-c2ccc(-n3c4ccccc4c4c(-c5ccc6c(c5)c5ccccc5n6-c5ccccc5)cc5c6ccccc6sc5c43)cc2)cc1.c1ccc(-n2c3ccccc3c3c(-c4ccc5c(c4)c4ccccc4n5-c4ccc5ccccc5c4)cc4c5ccccc5sc4c32)cc1.c1ccc(-n2c3ccccc3c3c(-c4ccc5c(c4)c4ccccc4n5-c4cccc5ccccc45)cc4c5ccccc5sc4c32)cc1. The lowest BCUT2D eigenvalue weighted by atomic mass is 9.95. The first-order chi connectivity index (χ1) is 74.0. The minimum Gasteiger partial charge on any atom is -0.309 e. The fraction of sp³-hybridized carbons (Fsp3) is 0. The highest BCUT2D eigenvalue weighted by atomic mass is 32.1. The van der Waals surface area contributed by atoms with Gasteiger partial charge in [-0.1, -0.05) is 346 Å². The van der Waals surface area contributed by atoms with E-state index in [9.17, 15) is 0 Å². The molecule has 0 spiro atoms. The topological polar surface area (TPSA) is 29.6 Å². The molecule has 694 valence electrons. The van der Waals surface area contributed by atoms with Gasteiger partial charge >= 0.3 is 0 Å². The Balaban J connectivity index is 0.000000101. The lowest BCUT2D eigenvalue weighted by Gasteiger charge is -2.12. The van der Waals surface area contributed by atoms with Gasteiger partial charge in [-0.05, 0) is 237 Å². The largest absolute Gasteiger partial charge is 0.309 e. The molecule has 149 heavy (non-hydrogen) atoms. The molecule has 0 saturated carbocycles. The van der Waals surface area contributed by atoms with Crippen LogP contribution in [0.3, 0.4) is 0 Å². The highest BCUT2D eigenvalue weighted by Gasteiger charge is 2.30. The number of hydrogen-bond donors (Lipinski definition) is 0. The van der Waals surface area contributed by atoms with Crippen LogP contribution >= 0.6 is 34.0 Å². The summed E-state index contributed by atoms with van der Waals surface area (Å²) in [6.07, 6.45) is 0. The fourth-order valence-electron chi connectivity index (χ4n) is 24.6. The van der Waals surface area contributed by atoms with Crippen molar-refractivity contribution < 1.29 is 0 Å². The maximum atomic E-state index is 2.50. The van der Waals surface area contributed by atoms with Gasteiger partial charge in [0.25, 0.3) is 0 Å². The molecule has 0 aliphatic rings. The van der Waals surface area contributed by atoms with Gasteiger partial charge in [-0.3, -0.25) is 0 Å². The van der Waals surface area contributed by atoms with E-state index in [1.54, 1.807) is 0 Å². The second-order valence-corrected chi connectivity index (χ2v) is 42.3. The zero-order chi connectivity index (χ0) is 97.6. The normalized spacial score (nSPS) is 12.0. The molecule has 0 atom stereocenters. The average molecular weight is 1950 g/mol. The van der Waals surface area contributed by atoms with Gasteiger partial charge in [-0.15, -0.1) is 34.0 Å². The maximum absolute atomic E-state index is 2.50. The standard InChI is InChI=1S/C48H30N2S.2C46H28N2S/c1-3-13-31(14-4-1)32-23-26-35(27-24-32)50-43-21-11-8-19-38(43)46-39(30-41-37-18-9-12-22-45(37)51-48(41)47(46)50)33-25-28-44-40(29-33)36-17-7-10-20-42(36)49(44)34-15-5-2-6-16-34;1-2-15-31(16-3-1)47-41-22-10-7-20-35(41)44-36(28-38-34-19-8-11-24-43(34)49-46(38)45(44)47)30-25-26-42-37(27-30)33-18-6-9-21-40(33)48(42)39-23-12-14-29-13-4-5-17-32(29)39;1-2-14-32(15-3-1)48-41-20-10-7-18-36(41)44-37(28-39-35-17-8-11-21-43(35)49-46(39)45(44)48)31-23-25-42-38(27-31)34-16-6-9-19-40(34)47(42)33-24-22-29-12-4-5-13-30(29)26-33/h1-30H;2*1-28H.